The van der Waals surface area contributed by atoms with Gasteiger partial charge in [-0.1, -0.05) is 66.7 Å². The number of nitrogens with one attached hydrogen (secondary N) is 2. The summed E-state index contributed by atoms with van der Waals surface area (Å²) in [6.07, 6.45) is 16.5. The van der Waals surface area contributed by atoms with E-state index >= 15 is 0 Å². The van der Waals surface area contributed by atoms with Gasteiger partial charge in [-0.25, -0.2) is 0 Å². The van der Waals surface area contributed by atoms with E-state index < -0.39 is 0 Å². The Balaban J connectivity index is 0.808. The molecule has 0 unspecified atom stereocenters. The van der Waals surface area contributed by atoms with Crippen molar-refractivity contribution in [2.75, 3.05) is 10.8 Å². The molecule has 4 heterocycles. The van der Waals surface area contributed by atoms with Crippen molar-refractivity contribution in [2.45, 2.75) is 6.61 Å². The first-order valence-corrected chi connectivity index (χ1v) is 19.8. The van der Waals surface area contributed by atoms with Crippen molar-refractivity contribution in [1.29, 1.82) is 0 Å². The molecule has 0 saturated heterocycles. The van der Waals surface area contributed by atoms with Crippen molar-refractivity contribution in [3.63, 3.8) is 0 Å². The largest absolute Gasteiger partial charge is 0.322 e. The van der Waals surface area contributed by atoms with Crippen molar-refractivity contribution in [1.82, 2.24) is 0 Å². The van der Waals surface area contributed by atoms with Crippen LogP contribution in [0.1, 0.15) is 15.9 Å². The van der Waals surface area contributed by atoms with Crippen LogP contribution in [0.3, 0.4) is 0 Å². The summed E-state index contributed by atoms with van der Waals surface area (Å²) >= 11 is 0. The third-order valence-electron chi connectivity index (χ3n) is 10.3. The number of nitrogens with zero attached hydrogens (tertiary/aromatic N) is 4. The number of amides is 1. The smallest absolute Gasteiger partial charge is 0.256 e. The number of hydrogen-bond acceptors (Lipinski definition) is 3. The van der Waals surface area contributed by atoms with Crippen LogP contribution in [0.4, 0.5) is 11.4 Å². The van der Waals surface area contributed by atoms with Crippen LogP contribution in [0, 0.1) is 0 Å². The average molecular weight is 783 g/mol. The van der Waals surface area contributed by atoms with Gasteiger partial charge in [-0.05, 0) is 46.0 Å². The van der Waals surface area contributed by atoms with Gasteiger partial charge in [0.05, 0.1) is 5.69 Å². The highest BCUT2D eigenvalue weighted by atomic mass is 16.6. The first-order valence-electron chi connectivity index (χ1n) is 19.8. The normalized spacial score (nSPS) is 10.9. The number of aromatic nitrogens is 4. The number of hydrogen-bond donors (Lipinski definition) is 2. The van der Waals surface area contributed by atoms with E-state index in [1.54, 1.807) is 0 Å². The Hall–Kier alpha value is -8.07. The van der Waals surface area contributed by atoms with Gasteiger partial charge in [-0.15, -0.1) is 0 Å². The number of benzene rings is 5. The van der Waals surface area contributed by atoms with Crippen molar-refractivity contribution < 1.29 is 27.9 Å². The van der Waals surface area contributed by atoms with Crippen LogP contribution in [0.5, 0.6) is 0 Å². The topological polar surface area (TPSA) is 65.9 Å². The lowest BCUT2D eigenvalue weighted by Gasteiger charge is -2.12. The van der Waals surface area contributed by atoms with Crippen LogP contribution in [-0.4, -0.2) is 5.91 Å². The third-order valence-corrected chi connectivity index (χ3v) is 10.3. The van der Waals surface area contributed by atoms with Crippen LogP contribution in [0.2, 0.25) is 0 Å². The van der Waals surface area contributed by atoms with Crippen LogP contribution >= 0.6 is 0 Å². The van der Waals surface area contributed by atoms with Gasteiger partial charge >= 0.3 is 0 Å². The molecule has 0 radical (unpaired) electrons. The Kier molecular flexibility index (Phi) is 11.0. The summed E-state index contributed by atoms with van der Waals surface area (Å²) in [5, 5.41) is 3.09. The Morgan fingerprint density at radius 1 is 0.400 bits per heavy atom. The lowest BCUT2D eigenvalue weighted by Crippen LogP contribution is -2.29. The quantitative estimate of drug-likeness (QED) is 0.0962. The zero-order valence-electron chi connectivity index (χ0n) is 32.8. The van der Waals surface area contributed by atoms with Gasteiger partial charge in [0.2, 0.25) is 22.7 Å². The predicted molar refractivity (Wildman–Crippen MR) is 233 cm³/mol. The molecule has 0 bridgehead atoms. The number of rotatable bonds is 12. The van der Waals surface area contributed by atoms with Crippen LogP contribution in [-0.2, 0) is 11.4 Å². The summed E-state index contributed by atoms with van der Waals surface area (Å²) in [6.45, 7) is 0.187. The molecule has 9 rings (SSSR count). The fraction of sp³-hybridized carbons (Fsp3) is 0.0192. The van der Waals surface area contributed by atoms with E-state index in [4.69, 9.17) is 4.84 Å². The van der Waals surface area contributed by atoms with E-state index in [1.165, 1.54) is 0 Å². The molecule has 8 nitrogen and oxygen atoms in total. The van der Waals surface area contributed by atoms with E-state index in [0.717, 1.165) is 56.3 Å². The zero-order valence-corrected chi connectivity index (χ0v) is 32.8. The molecular weight excluding hydrogens is 741 g/mol. The maximum atomic E-state index is 13.6. The minimum absolute atomic E-state index is 0.187. The molecule has 0 fully saturated rings. The molecule has 0 aliphatic rings. The highest BCUT2D eigenvalue weighted by Crippen LogP contribution is 2.21. The molecule has 8 heteroatoms. The standard InChI is InChI=1S/C52H41N6O2/c59-52(53-45-12-9-18-49(37-45)57-33-25-42(26-34-57)40-21-29-55(30-22-40)47-14-3-1-4-15-47)51-20-8-7-11-44(51)39-60-54-46-13-10-19-50(38-46)58-35-27-43(28-36-58)41-23-31-56(32-24-41)48-16-5-2-6-17-48/h1-38,54H,39H2/q+3/p+1. The van der Waals surface area contributed by atoms with Gasteiger partial charge in [0.25, 0.3) is 5.91 Å². The lowest BCUT2D eigenvalue weighted by molar-refractivity contribution is -0.596. The second-order valence-corrected chi connectivity index (χ2v) is 14.3. The Morgan fingerprint density at radius 2 is 0.783 bits per heavy atom. The van der Waals surface area contributed by atoms with Crippen LogP contribution in [0.15, 0.2) is 232 Å². The molecule has 0 atom stereocenters. The number of carbonyl (C=O) groups is 1. The Labute approximate surface area is 349 Å². The molecule has 288 valence electrons. The monoisotopic (exact) mass is 782 g/mol. The van der Waals surface area contributed by atoms with Gasteiger partial charge in [-0.3, -0.25) is 15.1 Å². The van der Waals surface area contributed by atoms with Crippen molar-refractivity contribution >= 4 is 17.3 Å². The predicted octanol–water partition coefficient (Wildman–Crippen LogP) is 8.92. The second-order valence-electron chi connectivity index (χ2n) is 14.3. The summed E-state index contributed by atoms with van der Waals surface area (Å²) in [5.74, 6) is -0.212. The first kappa shape index (κ1) is 37.5. The molecule has 2 N–H and O–H groups in total. The summed E-state index contributed by atoms with van der Waals surface area (Å²) in [5.41, 5.74) is 14.5. The van der Waals surface area contributed by atoms with E-state index in [1.807, 2.05) is 126 Å². The van der Waals surface area contributed by atoms with Crippen molar-refractivity contribution in [3.8, 4) is 45.0 Å². The fourth-order valence-corrected chi connectivity index (χ4v) is 7.10. The summed E-state index contributed by atoms with van der Waals surface area (Å²) in [7, 11) is 0. The van der Waals surface area contributed by atoms with E-state index in [0.29, 0.717) is 11.3 Å². The third kappa shape index (κ3) is 8.74. The number of anilines is 2. The van der Waals surface area contributed by atoms with Gasteiger partial charge in [0.15, 0.2) is 49.6 Å². The number of para-hydroxylation sites is 2. The van der Waals surface area contributed by atoms with E-state index in [2.05, 4.69) is 134 Å². The molecular formula is C52H42N6O2+4. The molecule has 0 aliphatic carbocycles. The molecule has 5 aromatic carbocycles. The highest BCUT2D eigenvalue weighted by molar-refractivity contribution is 6.05. The summed E-state index contributed by atoms with van der Waals surface area (Å²) < 4.78 is 8.30. The summed E-state index contributed by atoms with van der Waals surface area (Å²) in [6, 6.07) is 60.7. The molecule has 4 aromatic heterocycles. The molecule has 60 heavy (non-hydrogen) atoms. The SMILES string of the molecule is O=C(Nc1cccc(-[n+]2ccc(-c3cc[n+](-c4ccccc4)cc3)cc2)c1)c1ccccc1CONc1cccc(-[n+]2ccc(-c3cc[n+](-c4ccccc4)cc3)cc2)c1. The zero-order chi connectivity index (χ0) is 40.5. The van der Waals surface area contributed by atoms with Crippen molar-refractivity contribution in [3.05, 3.63) is 243 Å². The van der Waals surface area contributed by atoms with Crippen LogP contribution in [0.25, 0.3) is 45.0 Å². The molecule has 0 saturated carbocycles. The molecule has 0 aliphatic heterocycles. The van der Waals surface area contributed by atoms with Gasteiger partial charge < -0.3 is 5.32 Å². The highest BCUT2D eigenvalue weighted by Gasteiger charge is 2.15. The first-order chi connectivity index (χ1) is 29.6. The van der Waals surface area contributed by atoms with Gasteiger partial charge in [0, 0.05) is 108 Å². The molecule has 9 aromatic rings. The average Bonchev–Trinajstić information content (AvgIpc) is 3.33. The molecule has 1 amide bonds. The Morgan fingerprint density at radius 3 is 1.27 bits per heavy atom. The fourth-order valence-electron chi connectivity index (χ4n) is 7.10. The second kappa shape index (κ2) is 17.6. The number of pyridine rings is 4. The minimum atomic E-state index is -0.212. The van der Waals surface area contributed by atoms with Crippen molar-refractivity contribution in [2.24, 2.45) is 0 Å². The Bertz CT molecular complexity index is 2850. The lowest BCUT2D eigenvalue weighted by atomic mass is 10.1. The van der Waals surface area contributed by atoms with Gasteiger partial charge in [-0.2, -0.15) is 18.3 Å². The van der Waals surface area contributed by atoms with Crippen LogP contribution < -0.4 is 29.1 Å². The maximum Gasteiger partial charge on any atom is 0.256 e. The minimum Gasteiger partial charge on any atom is -0.322 e. The maximum absolute atomic E-state index is 13.6. The van der Waals surface area contributed by atoms with E-state index in [-0.39, 0.29) is 12.5 Å². The van der Waals surface area contributed by atoms with E-state index in [9.17, 15) is 4.79 Å². The number of carbonyl (C=O) groups excluding carboxylic acids is 1. The van der Waals surface area contributed by atoms with Gasteiger partial charge in [0.1, 0.15) is 6.61 Å². The molecule has 0 spiro atoms. The summed E-state index contributed by atoms with van der Waals surface area (Å²) in [4.78, 5) is 19.6.